The molecule has 0 N–H and O–H groups in total. The highest BCUT2D eigenvalue weighted by Gasteiger charge is 2.22. The Morgan fingerprint density at radius 1 is 1.75 bits per heavy atom. The van der Waals surface area contributed by atoms with E-state index in [-0.39, 0.29) is 5.92 Å². The van der Waals surface area contributed by atoms with Crippen molar-refractivity contribution in [2.45, 2.75) is 19.3 Å². The molecule has 0 heterocycles. The van der Waals surface area contributed by atoms with Gasteiger partial charge in [0.2, 0.25) is 0 Å². The molecule has 1 unspecified atom stereocenters. The molecule has 0 aromatic heterocycles. The third-order valence-corrected chi connectivity index (χ3v) is 1.99. The van der Waals surface area contributed by atoms with Crippen molar-refractivity contribution >= 4 is 17.4 Å². The van der Waals surface area contributed by atoms with Crippen LogP contribution >= 0.6 is 11.6 Å². The molecule has 8 heavy (non-hydrogen) atoms. The summed E-state index contributed by atoms with van der Waals surface area (Å²) >= 11 is 5.48. The molecule has 1 atom stereocenters. The number of alkyl halides is 1. The second kappa shape index (κ2) is 2.49. The Kier molecular flexibility index (Phi) is 1.90. The average molecular weight is 133 g/mol. The molecule has 0 radical (unpaired) electrons. The molecule has 2 heteroatoms. The number of hydrogen-bond acceptors (Lipinski definition) is 1. The van der Waals surface area contributed by atoms with Gasteiger partial charge < -0.3 is 0 Å². The van der Waals surface area contributed by atoms with Crippen LogP contribution in [0.5, 0.6) is 0 Å². The van der Waals surface area contributed by atoms with Gasteiger partial charge in [0, 0.05) is 18.2 Å². The maximum atomic E-state index is 10.7. The number of rotatable bonds is 1. The summed E-state index contributed by atoms with van der Waals surface area (Å²) in [5.74, 6) is 1.08. The Hall–Kier alpha value is -0.0400. The van der Waals surface area contributed by atoms with Gasteiger partial charge in [-0.25, -0.2) is 0 Å². The van der Waals surface area contributed by atoms with Crippen LogP contribution in [0.25, 0.3) is 0 Å². The van der Waals surface area contributed by atoms with Gasteiger partial charge in [-0.2, -0.15) is 0 Å². The minimum Gasteiger partial charge on any atom is -0.299 e. The van der Waals surface area contributed by atoms with Crippen LogP contribution in [-0.4, -0.2) is 11.7 Å². The van der Waals surface area contributed by atoms with Crippen LogP contribution in [0.2, 0.25) is 0 Å². The van der Waals surface area contributed by atoms with Crippen molar-refractivity contribution < 1.29 is 4.79 Å². The van der Waals surface area contributed by atoms with Crippen LogP contribution in [0.1, 0.15) is 19.3 Å². The van der Waals surface area contributed by atoms with Crippen molar-refractivity contribution in [3.8, 4) is 0 Å². The molecule has 1 saturated carbocycles. The van der Waals surface area contributed by atoms with Crippen molar-refractivity contribution in [1.82, 2.24) is 0 Å². The van der Waals surface area contributed by atoms with Gasteiger partial charge in [-0.3, -0.25) is 4.79 Å². The van der Waals surface area contributed by atoms with E-state index in [2.05, 4.69) is 0 Å². The second-order valence-corrected chi connectivity index (χ2v) is 2.52. The molecule has 0 saturated heterocycles. The first kappa shape index (κ1) is 6.09. The number of hydrogen-bond donors (Lipinski definition) is 0. The fourth-order valence-electron chi connectivity index (χ4n) is 1.05. The number of Topliss-reactive ketones (excluding diaryl/α,β-unsaturated/α-hetero) is 1. The van der Waals surface area contributed by atoms with E-state index in [0.717, 1.165) is 19.3 Å². The van der Waals surface area contributed by atoms with Gasteiger partial charge >= 0.3 is 0 Å². The smallest absolute Gasteiger partial charge is 0.137 e. The van der Waals surface area contributed by atoms with E-state index >= 15 is 0 Å². The van der Waals surface area contributed by atoms with Crippen molar-refractivity contribution in [3.05, 3.63) is 0 Å². The van der Waals surface area contributed by atoms with Crippen molar-refractivity contribution in [3.63, 3.8) is 0 Å². The van der Waals surface area contributed by atoms with Crippen molar-refractivity contribution in [1.29, 1.82) is 0 Å². The molecular weight excluding hydrogens is 124 g/mol. The second-order valence-electron chi connectivity index (χ2n) is 2.21. The van der Waals surface area contributed by atoms with E-state index in [1.807, 2.05) is 0 Å². The minimum absolute atomic E-state index is 0.191. The lowest BCUT2D eigenvalue weighted by molar-refractivity contribution is -0.120. The monoisotopic (exact) mass is 132 g/mol. The zero-order valence-corrected chi connectivity index (χ0v) is 5.45. The maximum Gasteiger partial charge on any atom is 0.137 e. The van der Waals surface area contributed by atoms with Gasteiger partial charge in [0.05, 0.1) is 0 Å². The molecule has 0 aromatic rings. The Balaban J connectivity index is 2.42. The van der Waals surface area contributed by atoms with Crippen LogP contribution in [-0.2, 0) is 4.79 Å². The van der Waals surface area contributed by atoms with E-state index in [9.17, 15) is 4.79 Å². The highest BCUT2D eigenvalue weighted by molar-refractivity contribution is 6.19. The summed E-state index contributed by atoms with van der Waals surface area (Å²) in [6.45, 7) is 0. The van der Waals surface area contributed by atoms with Crippen LogP contribution in [0.4, 0.5) is 0 Å². The molecule has 0 amide bonds. The van der Waals surface area contributed by atoms with Crippen LogP contribution in [0.15, 0.2) is 0 Å². The number of carbonyl (C=O) groups excluding carboxylic acids is 1. The van der Waals surface area contributed by atoms with E-state index < -0.39 is 0 Å². The van der Waals surface area contributed by atoms with Gasteiger partial charge in [0.1, 0.15) is 5.78 Å². The summed E-state index contributed by atoms with van der Waals surface area (Å²) in [5.41, 5.74) is 0. The largest absolute Gasteiger partial charge is 0.299 e. The fourth-order valence-corrected chi connectivity index (χ4v) is 1.38. The normalized spacial score (nSPS) is 29.1. The van der Waals surface area contributed by atoms with Crippen molar-refractivity contribution in [2.24, 2.45) is 5.92 Å². The van der Waals surface area contributed by atoms with E-state index in [1.54, 1.807) is 0 Å². The summed E-state index contributed by atoms with van der Waals surface area (Å²) in [6, 6.07) is 0. The molecule has 1 rings (SSSR count). The molecule has 0 bridgehead atoms. The molecule has 1 nitrogen and oxygen atoms in total. The molecule has 0 spiro atoms. The molecule has 46 valence electrons. The van der Waals surface area contributed by atoms with Gasteiger partial charge in [-0.05, 0) is 12.8 Å². The molecular formula is C6H9ClO. The predicted octanol–water partition coefficient (Wildman–Crippen LogP) is 1.59. The van der Waals surface area contributed by atoms with Gasteiger partial charge in [0.15, 0.2) is 0 Å². The maximum absolute atomic E-state index is 10.7. The van der Waals surface area contributed by atoms with Crippen LogP contribution < -0.4 is 0 Å². The van der Waals surface area contributed by atoms with Crippen molar-refractivity contribution in [2.75, 3.05) is 5.88 Å². The molecule has 1 aliphatic rings. The summed E-state index contributed by atoms with van der Waals surface area (Å²) in [5, 5.41) is 0. The number of carbonyl (C=O) groups is 1. The fraction of sp³-hybridized carbons (Fsp3) is 0.833. The van der Waals surface area contributed by atoms with E-state index in [0.29, 0.717) is 11.7 Å². The van der Waals surface area contributed by atoms with Gasteiger partial charge in [-0.15, -0.1) is 11.6 Å². The summed E-state index contributed by atoms with van der Waals surface area (Å²) < 4.78 is 0. The highest BCUT2D eigenvalue weighted by atomic mass is 35.5. The Bertz CT molecular complexity index is 101. The Morgan fingerprint density at radius 3 is 2.75 bits per heavy atom. The topological polar surface area (TPSA) is 17.1 Å². The molecule has 0 aromatic carbocycles. The third-order valence-electron chi connectivity index (χ3n) is 1.62. The Labute approximate surface area is 54.0 Å². The van der Waals surface area contributed by atoms with Gasteiger partial charge in [0.25, 0.3) is 0 Å². The lowest BCUT2D eigenvalue weighted by atomic mass is 10.1. The van der Waals surface area contributed by atoms with Crippen LogP contribution in [0, 0.1) is 5.92 Å². The number of ketones is 1. The summed E-state index contributed by atoms with van der Waals surface area (Å²) in [4.78, 5) is 10.7. The summed E-state index contributed by atoms with van der Waals surface area (Å²) in [7, 11) is 0. The van der Waals surface area contributed by atoms with Crippen LogP contribution in [0.3, 0.4) is 0 Å². The first-order valence-electron chi connectivity index (χ1n) is 2.93. The van der Waals surface area contributed by atoms with Gasteiger partial charge in [-0.1, -0.05) is 0 Å². The first-order chi connectivity index (χ1) is 3.84. The van der Waals surface area contributed by atoms with E-state index in [4.69, 9.17) is 11.6 Å². The average Bonchev–Trinajstić information content (AvgIpc) is 2.14. The first-order valence-corrected chi connectivity index (χ1v) is 3.46. The minimum atomic E-state index is 0.191. The SMILES string of the molecule is O=C1CCCC1CCl. The zero-order chi connectivity index (χ0) is 5.98. The number of halogens is 1. The third kappa shape index (κ3) is 1.03. The lowest BCUT2D eigenvalue weighted by Crippen LogP contribution is -2.06. The zero-order valence-electron chi connectivity index (χ0n) is 4.69. The molecule has 0 aliphatic heterocycles. The lowest BCUT2D eigenvalue weighted by Gasteiger charge is -1.97. The molecule has 1 aliphatic carbocycles. The quantitative estimate of drug-likeness (QED) is 0.496. The summed E-state index contributed by atoms with van der Waals surface area (Å²) in [6.07, 6.45) is 2.83. The highest BCUT2D eigenvalue weighted by Crippen LogP contribution is 2.21. The standard InChI is InChI=1S/C6H9ClO/c7-4-5-2-1-3-6(5)8/h5H,1-4H2. The predicted molar refractivity (Wildman–Crippen MR) is 33.1 cm³/mol. The Morgan fingerprint density at radius 2 is 2.50 bits per heavy atom. The molecule has 1 fully saturated rings. The van der Waals surface area contributed by atoms with E-state index in [1.165, 1.54) is 0 Å².